The van der Waals surface area contributed by atoms with Gasteiger partial charge >= 0.3 is 0 Å². The molecule has 0 aliphatic carbocycles. The lowest BCUT2D eigenvalue weighted by atomic mass is 10.1. The minimum Gasteiger partial charge on any atom is -0.369 e. The maximum atomic E-state index is 9.13. The van der Waals surface area contributed by atoms with E-state index in [9.17, 15) is 0 Å². The second-order valence-corrected chi connectivity index (χ2v) is 4.96. The van der Waals surface area contributed by atoms with Crippen molar-refractivity contribution in [1.82, 2.24) is 0 Å². The van der Waals surface area contributed by atoms with E-state index in [1.807, 2.05) is 0 Å². The van der Waals surface area contributed by atoms with Gasteiger partial charge in [0.05, 0.1) is 23.7 Å². The second kappa shape index (κ2) is 6.89. The summed E-state index contributed by atoms with van der Waals surface area (Å²) in [6.07, 6.45) is 0.435. The van der Waals surface area contributed by atoms with Crippen molar-refractivity contribution in [2.24, 2.45) is 5.92 Å². The molecule has 0 fully saturated rings. The van der Waals surface area contributed by atoms with Gasteiger partial charge in [0, 0.05) is 18.1 Å². The first kappa shape index (κ1) is 14.4. The van der Waals surface area contributed by atoms with Gasteiger partial charge in [-0.1, -0.05) is 25.4 Å². The molecule has 0 aromatic heterocycles. The Morgan fingerprint density at radius 2 is 2.06 bits per heavy atom. The Morgan fingerprint density at radius 3 is 2.61 bits per heavy atom. The van der Waals surface area contributed by atoms with Crippen LogP contribution in [0.5, 0.6) is 0 Å². The number of benzene rings is 1. The van der Waals surface area contributed by atoms with Crippen LogP contribution in [0.4, 0.5) is 5.69 Å². The average Bonchev–Trinajstić information content (AvgIpc) is 2.34. The first-order valence-electron chi connectivity index (χ1n) is 5.90. The summed E-state index contributed by atoms with van der Waals surface area (Å²) in [5.74, 6) is 0.453. The van der Waals surface area contributed by atoms with E-state index in [-0.39, 0.29) is 0 Å². The van der Waals surface area contributed by atoms with Crippen molar-refractivity contribution < 1.29 is 0 Å². The Hall–Kier alpha value is -1.71. The Morgan fingerprint density at radius 1 is 1.33 bits per heavy atom. The summed E-state index contributed by atoms with van der Waals surface area (Å²) in [6.45, 7) is 5.63. The van der Waals surface area contributed by atoms with Gasteiger partial charge in [-0.05, 0) is 24.1 Å². The maximum absolute atomic E-state index is 9.13. The van der Waals surface area contributed by atoms with Crippen LogP contribution in [0.3, 0.4) is 0 Å². The van der Waals surface area contributed by atoms with Crippen LogP contribution in [0.1, 0.15) is 25.8 Å². The molecule has 0 aliphatic rings. The highest BCUT2D eigenvalue weighted by molar-refractivity contribution is 6.30. The van der Waals surface area contributed by atoms with E-state index >= 15 is 0 Å². The number of nitriles is 2. The zero-order valence-electron chi connectivity index (χ0n) is 10.7. The van der Waals surface area contributed by atoms with E-state index in [1.54, 1.807) is 18.2 Å². The molecule has 0 saturated heterocycles. The standard InChI is InChI=1S/C14H16ClN3/c1-11(2)10-18(7-3-6-16)14-8-13(15)5-4-12(14)9-17/h4-5,8,11H,3,7,10H2,1-2H3. The molecule has 0 bridgehead atoms. The predicted molar refractivity (Wildman–Crippen MR) is 73.4 cm³/mol. The lowest BCUT2D eigenvalue weighted by Gasteiger charge is -2.26. The van der Waals surface area contributed by atoms with E-state index in [2.05, 4.69) is 30.9 Å². The van der Waals surface area contributed by atoms with Gasteiger partial charge in [0.1, 0.15) is 6.07 Å². The monoisotopic (exact) mass is 261 g/mol. The molecule has 94 valence electrons. The van der Waals surface area contributed by atoms with Crippen molar-refractivity contribution in [3.05, 3.63) is 28.8 Å². The summed E-state index contributed by atoms with van der Waals surface area (Å²) >= 11 is 5.99. The van der Waals surface area contributed by atoms with E-state index in [1.165, 1.54) is 0 Å². The molecule has 0 spiro atoms. The molecular weight excluding hydrogens is 246 g/mol. The van der Waals surface area contributed by atoms with E-state index in [4.69, 9.17) is 22.1 Å². The molecule has 18 heavy (non-hydrogen) atoms. The normalized spacial score (nSPS) is 9.89. The number of nitrogens with zero attached hydrogens (tertiary/aromatic N) is 3. The number of rotatable bonds is 5. The summed E-state index contributed by atoms with van der Waals surface area (Å²) in [5.41, 5.74) is 1.41. The van der Waals surface area contributed by atoms with Gasteiger partial charge in [-0.2, -0.15) is 10.5 Å². The minimum absolute atomic E-state index is 0.435. The third-order valence-electron chi connectivity index (χ3n) is 2.50. The molecule has 0 atom stereocenters. The van der Waals surface area contributed by atoms with Crippen molar-refractivity contribution in [3.63, 3.8) is 0 Å². The maximum Gasteiger partial charge on any atom is 0.101 e. The highest BCUT2D eigenvalue weighted by Crippen LogP contribution is 2.25. The lowest BCUT2D eigenvalue weighted by molar-refractivity contribution is 0.612. The van der Waals surface area contributed by atoms with Gasteiger partial charge in [-0.15, -0.1) is 0 Å². The Kier molecular flexibility index (Phi) is 5.49. The van der Waals surface area contributed by atoms with Crippen LogP contribution < -0.4 is 4.90 Å². The average molecular weight is 262 g/mol. The molecule has 0 amide bonds. The van der Waals surface area contributed by atoms with E-state index in [0.29, 0.717) is 29.5 Å². The molecule has 0 aliphatic heterocycles. The van der Waals surface area contributed by atoms with Crippen LogP contribution in [0, 0.1) is 28.6 Å². The van der Waals surface area contributed by atoms with Gasteiger partial charge in [0.2, 0.25) is 0 Å². The SMILES string of the molecule is CC(C)CN(CCC#N)c1cc(Cl)ccc1C#N. The quantitative estimate of drug-likeness (QED) is 0.814. The topological polar surface area (TPSA) is 50.8 Å². The molecule has 0 heterocycles. The number of halogens is 1. The van der Waals surface area contributed by atoms with Crippen LogP contribution in [0.2, 0.25) is 5.02 Å². The van der Waals surface area contributed by atoms with E-state index < -0.39 is 0 Å². The summed E-state index contributed by atoms with van der Waals surface area (Å²) in [6, 6.07) is 9.53. The van der Waals surface area contributed by atoms with Gasteiger partial charge in [0.25, 0.3) is 0 Å². The summed E-state index contributed by atoms with van der Waals surface area (Å²) in [4.78, 5) is 2.05. The molecule has 4 heteroatoms. The van der Waals surface area contributed by atoms with Gasteiger partial charge in [0.15, 0.2) is 0 Å². The molecule has 0 radical (unpaired) electrons. The van der Waals surface area contributed by atoms with Crippen LogP contribution in [-0.4, -0.2) is 13.1 Å². The van der Waals surface area contributed by atoms with Gasteiger partial charge < -0.3 is 4.90 Å². The Labute approximate surface area is 113 Å². The predicted octanol–water partition coefficient (Wildman–Crippen LogP) is 3.59. The number of anilines is 1. The van der Waals surface area contributed by atoms with Crippen LogP contribution in [0.25, 0.3) is 0 Å². The summed E-state index contributed by atoms with van der Waals surface area (Å²) < 4.78 is 0. The fraction of sp³-hybridized carbons (Fsp3) is 0.429. The fourth-order valence-electron chi connectivity index (χ4n) is 1.80. The Balaban J connectivity index is 3.07. The molecule has 1 rings (SSSR count). The van der Waals surface area contributed by atoms with Crippen molar-refractivity contribution in [3.8, 4) is 12.1 Å². The van der Waals surface area contributed by atoms with Gasteiger partial charge in [-0.25, -0.2) is 0 Å². The Bertz CT molecular complexity index is 483. The number of hydrogen-bond acceptors (Lipinski definition) is 3. The van der Waals surface area contributed by atoms with Crippen LogP contribution in [-0.2, 0) is 0 Å². The minimum atomic E-state index is 0.435. The molecule has 0 saturated carbocycles. The molecule has 3 nitrogen and oxygen atoms in total. The first-order chi connectivity index (χ1) is 8.58. The molecule has 1 aromatic carbocycles. The van der Waals surface area contributed by atoms with E-state index in [0.717, 1.165) is 12.2 Å². The molecular formula is C14H16ClN3. The lowest BCUT2D eigenvalue weighted by Crippen LogP contribution is -2.29. The van der Waals surface area contributed by atoms with Crippen LogP contribution >= 0.6 is 11.6 Å². The smallest absolute Gasteiger partial charge is 0.101 e. The highest BCUT2D eigenvalue weighted by atomic mass is 35.5. The molecule has 1 aromatic rings. The number of hydrogen-bond donors (Lipinski definition) is 0. The molecule has 0 N–H and O–H groups in total. The zero-order valence-corrected chi connectivity index (χ0v) is 11.4. The van der Waals surface area contributed by atoms with Crippen molar-refractivity contribution in [2.45, 2.75) is 20.3 Å². The largest absolute Gasteiger partial charge is 0.369 e. The molecule has 0 unspecified atom stereocenters. The highest BCUT2D eigenvalue weighted by Gasteiger charge is 2.13. The zero-order chi connectivity index (χ0) is 13.5. The van der Waals surface area contributed by atoms with Crippen molar-refractivity contribution in [2.75, 3.05) is 18.0 Å². The fourth-order valence-corrected chi connectivity index (χ4v) is 1.96. The van der Waals surface area contributed by atoms with Crippen molar-refractivity contribution in [1.29, 1.82) is 10.5 Å². The third kappa shape index (κ3) is 3.95. The first-order valence-corrected chi connectivity index (χ1v) is 6.27. The third-order valence-corrected chi connectivity index (χ3v) is 2.74. The summed E-state index contributed by atoms with van der Waals surface area (Å²) in [7, 11) is 0. The van der Waals surface area contributed by atoms with Gasteiger partial charge in [-0.3, -0.25) is 0 Å². The second-order valence-electron chi connectivity index (χ2n) is 4.52. The summed E-state index contributed by atoms with van der Waals surface area (Å²) in [5, 5.41) is 18.4. The van der Waals surface area contributed by atoms with Crippen molar-refractivity contribution >= 4 is 17.3 Å². The van der Waals surface area contributed by atoms with Crippen LogP contribution in [0.15, 0.2) is 18.2 Å².